The lowest BCUT2D eigenvalue weighted by Crippen LogP contribution is -2.42. The van der Waals surface area contributed by atoms with Crippen molar-refractivity contribution in [3.05, 3.63) is 22.8 Å². The summed E-state index contributed by atoms with van der Waals surface area (Å²) in [5, 5.41) is 3.15. The quantitative estimate of drug-likeness (QED) is 0.781. The topological polar surface area (TPSA) is 71.2 Å². The molecular formula is C13H21ClN4O. The average molecular weight is 285 g/mol. The molecule has 0 saturated carbocycles. The molecule has 0 spiro atoms. The van der Waals surface area contributed by atoms with Gasteiger partial charge < -0.3 is 16.0 Å². The molecular weight excluding hydrogens is 264 g/mol. The van der Waals surface area contributed by atoms with Crippen LogP contribution >= 0.6 is 11.6 Å². The molecule has 1 aromatic heterocycles. The smallest absolute Gasteiger partial charge is 0.251 e. The van der Waals surface area contributed by atoms with Crippen LogP contribution in [0.4, 0.5) is 5.82 Å². The van der Waals surface area contributed by atoms with E-state index in [0.29, 0.717) is 5.56 Å². The van der Waals surface area contributed by atoms with Gasteiger partial charge in [0.15, 0.2) is 0 Å². The third-order valence-electron chi connectivity index (χ3n) is 2.88. The summed E-state index contributed by atoms with van der Waals surface area (Å²) in [6.45, 7) is 8.91. The maximum Gasteiger partial charge on any atom is 0.251 e. The molecule has 106 valence electrons. The van der Waals surface area contributed by atoms with E-state index in [1.807, 2.05) is 6.92 Å². The third-order valence-corrected chi connectivity index (χ3v) is 3.07. The molecule has 0 aliphatic heterocycles. The Labute approximate surface area is 119 Å². The lowest BCUT2D eigenvalue weighted by atomic mass is 10.2. The summed E-state index contributed by atoms with van der Waals surface area (Å²) in [6, 6.07) is 3.09. The fourth-order valence-electron chi connectivity index (χ4n) is 1.87. The normalized spacial score (nSPS) is 12.5. The van der Waals surface area contributed by atoms with Crippen LogP contribution in [0.15, 0.2) is 12.1 Å². The summed E-state index contributed by atoms with van der Waals surface area (Å²) < 4.78 is 0. The number of likely N-dealkylation sites (N-methyl/N-ethyl adjacent to an activating group) is 1. The summed E-state index contributed by atoms with van der Waals surface area (Å²) in [5.41, 5.74) is 6.00. The summed E-state index contributed by atoms with van der Waals surface area (Å²) in [7, 11) is 0. The molecule has 3 N–H and O–H groups in total. The van der Waals surface area contributed by atoms with E-state index in [2.05, 4.69) is 29.0 Å². The van der Waals surface area contributed by atoms with Crippen molar-refractivity contribution in [1.29, 1.82) is 0 Å². The minimum Gasteiger partial charge on any atom is -0.384 e. The minimum absolute atomic E-state index is 0.0561. The van der Waals surface area contributed by atoms with E-state index in [1.54, 1.807) is 0 Å². The van der Waals surface area contributed by atoms with Gasteiger partial charge >= 0.3 is 0 Å². The SMILES string of the molecule is CCN(CC)CC(C)NC(=O)c1cc(N)nc(Cl)c1. The molecule has 0 bridgehead atoms. The van der Waals surface area contributed by atoms with Gasteiger partial charge in [0, 0.05) is 18.2 Å². The van der Waals surface area contributed by atoms with Crippen molar-refractivity contribution < 1.29 is 4.79 Å². The number of carbonyl (C=O) groups excluding carboxylic acids is 1. The number of nitrogens with zero attached hydrogens (tertiary/aromatic N) is 2. The minimum atomic E-state index is -0.185. The highest BCUT2D eigenvalue weighted by Gasteiger charge is 2.13. The van der Waals surface area contributed by atoms with Crippen molar-refractivity contribution in [3.8, 4) is 0 Å². The Balaban J connectivity index is 2.63. The molecule has 0 aliphatic carbocycles. The van der Waals surface area contributed by atoms with E-state index in [9.17, 15) is 4.79 Å². The first-order chi connectivity index (χ1) is 8.96. The van der Waals surface area contributed by atoms with Gasteiger partial charge in [-0.2, -0.15) is 0 Å². The van der Waals surface area contributed by atoms with Gasteiger partial charge in [-0.15, -0.1) is 0 Å². The number of anilines is 1. The molecule has 19 heavy (non-hydrogen) atoms. The molecule has 1 unspecified atom stereocenters. The third kappa shape index (κ3) is 5.04. The van der Waals surface area contributed by atoms with Crippen molar-refractivity contribution in [1.82, 2.24) is 15.2 Å². The van der Waals surface area contributed by atoms with Crippen LogP contribution in [0, 0.1) is 0 Å². The molecule has 6 heteroatoms. The highest BCUT2D eigenvalue weighted by atomic mass is 35.5. The molecule has 1 atom stereocenters. The molecule has 1 rings (SSSR count). The van der Waals surface area contributed by atoms with E-state index in [0.717, 1.165) is 19.6 Å². The van der Waals surface area contributed by atoms with Crippen LogP contribution in [0.2, 0.25) is 5.15 Å². The van der Waals surface area contributed by atoms with E-state index in [1.165, 1.54) is 12.1 Å². The molecule has 1 aromatic rings. The van der Waals surface area contributed by atoms with Crippen LogP contribution < -0.4 is 11.1 Å². The van der Waals surface area contributed by atoms with Gasteiger partial charge in [-0.25, -0.2) is 4.98 Å². The van der Waals surface area contributed by atoms with Gasteiger partial charge in [0.2, 0.25) is 0 Å². The Morgan fingerprint density at radius 1 is 1.47 bits per heavy atom. The number of nitrogens with two attached hydrogens (primary N) is 1. The van der Waals surface area contributed by atoms with Crippen LogP contribution in [-0.2, 0) is 0 Å². The molecule has 5 nitrogen and oxygen atoms in total. The molecule has 0 radical (unpaired) electrons. The number of amides is 1. The van der Waals surface area contributed by atoms with Crippen LogP contribution in [0.25, 0.3) is 0 Å². The second-order valence-electron chi connectivity index (χ2n) is 4.46. The first kappa shape index (κ1) is 15.7. The molecule has 0 aromatic carbocycles. The maximum absolute atomic E-state index is 12.0. The number of nitrogens with one attached hydrogen (secondary N) is 1. The van der Waals surface area contributed by atoms with Crippen molar-refractivity contribution in [2.75, 3.05) is 25.4 Å². The highest BCUT2D eigenvalue weighted by molar-refractivity contribution is 6.29. The number of hydrogen-bond donors (Lipinski definition) is 2. The zero-order valence-electron chi connectivity index (χ0n) is 11.6. The average Bonchev–Trinajstić information content (AvgIpc) is 2.34. The number of rotatable bonds is 6. The number of aromatic nitrogens is 1. The second-order valence-corrected chi connectivity index (χ2v) is 4.85. The van der Waals surface area contributed by atoms with Gasteiger partial charge in [0.25, 0.3) is 5.91 Å². The fourth-order valence-corrected chi connectivity index (χ4v) is 2.09. The lowest BCUT2D eigenvalue weighted by molar-refractivity contribution is 0.0930. The van der Waals surface area contributed by atoms with E-state index in [-0.39, 0.29) is 22.9 Å². The largest absolute Gasteiger partial charge is 0.384 e. The summed E-state index contributed by atoms with van der Waals surface area (Å²) in [6.07, 6.45) is 0. The van der Waals surface area contributed by atoms with E-state index < -0.39 is 0 Å². The predicted molar refractivity (Wildman–Crippen MR) is 78.4 cm³/mol. The first-order valence-electron chi connectivity index (χ1n) is 6.42. The monoisotopic (exact) mass is 284 g/mol. The van der Waals surface area contributed by atoms with Gasteiger partial charge in [-0.05, 0) is 32.1 Å². The van der Waals surface area contributed by atoms with Crippen molar-refractivity contribution in [2.24, 2.45) is 0 Å². The summed E-state index contributed by atoms with van der Waals surface area (Å²) >= 11 is 5.78. The molecule has 0 aliphatic rings. The Morgan fingerprint density at radius 3 is 2.63 bits per heavy atom. The van der Waals surface area contributed by atoms with E-state index in [4.69, 9.17) is 17.3 Å². The lowest BCUT2D eigenvalue weighted by Gasteiger charge is -2.23. The first-order valence-corrected chi connectivity index (χ1v) is 6.80. The Bertz CT molecular complexity index is 414. The van der Waals surface area contributed by atoms with Gasteiger partial charge in [-0.1, -0.05) is 25.4 Å². The highest BCUT2D eigenvalue weighted by Crippen LogP contribution is 2.12. The zero-order valence-corrected chi connectivity index (χ0v) is 12.4. The van der Waals surface area contributed by atoms with Gasteiger partial charge in [0.05, 0.1) is 0 Å². The van der Waals surface area contributed by atoms with Crippen LogP contribution in [-0.4, -0.2) is 41.5 Å². The molecule has 1 heterocycles. The number of nitrogen functional groups attached to an aromatic ring is 1. The van der Waals surface area contributed by atoms with Crippen molar-refractivity contribution >= 4 is 23.3 Å². The molecule has 0 saturated heterocycles. The maximum atomic E-state index is 12.0. The number of hydrogen-bond acceptors (Lipinski definition) is 4. The Kier molecular flexibility index (Phi) is 6.05. The number of pyridine rings is 1. The second kappa shape index (κ2) is 7.31. The van der Waals surface area contributed by atoms with Crippen LogP contribution in [0.5, 0.6) is 0 Å². The number of halogens is 1. The van der Waals surface area contributed by atoms with Crippen LogP contribution in [0.1, 0.15) is 31.1 Å². The Morgan fingerprint density at radius 2 is 2.11 bits per heavy atom. The standard InChI is InChI=1S/C13H21ClN4O/c1-4-18(5-2)8-9(3)16-13(19)10-6-11(14)17-12(15)7-10/h6-7,9H,4-5,8H2,1-3H3,(H2,15,17)(H,16,19). The van der Waals surface area contributed by atoms with E-state index >= 15 is 0 Å². The van der Waals surface area contributed by atoms with Crippen molar-refractivity contribution in [3.63, 3.8) is 0 Å². The molecule has 0 fully saturated rings. The van der Waals surface area contributed by atoms with Crippen molar-refractivity contribution in [2.45, 2.75) is 26.8 Å². The summed E-state index contributed by atoms with van der Waals surface area (Å²) in [4.78, 5) is 18.1. The molecule has 1 amide bonds. The van der Waals surface area contributed by atoms with Crippen LogP contribution in [0.3, 0.4) is 0 Å². The number of carbonyl (C=O) groups is 1. The van der Waals surface area contributed by atoms with Gasteiger partial charge in [0.1, 0.15) is 11.0 Å². The zero-order chi connectivity index (χ0) is 14.4. The predicted octanol–water partition coefficient (Wildman–Crippen LogP) is 1.78. The fraction of sp³-hybridized carbons (Fsp3) is 0.538. The Hall–Kier alpha value is -1.33. The summed E-state index contributed by atoms with van der Waals surface area (Å²) in [5.74, 6) is 0.0599. The van der Waals surface area contributed by atoms with Gasteiger partial charge in [-0.3, -0.25) is 4.79 Å².